The van der Waals surface area contributed by atoms with Crippen molar-refractivity contribution in [2.45, 2.75) is 198 Å². The molecule has 0 unspecified atom stereocenters. The number of primary amides is 2. The third kappa shape index (κ3) is 40.2. The third-order valence-corrected chi connectivity index (χ3v) is 20.0. The lowest BCUT2D eigenvalue weighted by atomic mass is 10.0. The maximum Gasteiger partial charge on any atom is 0.326 e. The standard InChI is InChI=1S/C83H122N26O24/c1-40(2)66(107-70(121)49(84)25-26-65(118)119)78(129)96-37-62(115)100-52(20-14-28-92-83(89)90)74(125)108-67(41(3)4)79(130)97-38-64(117)101-53(29-45-21-23-47(111)24-22-45)77(128)109-68(42(5)6)80(131)106-58(39-110)72(123)95-36-63(116)102-54(31-46-34-93-50-18-12-11-17-48(46)50)71(122)94-35-61(114)99-51(19-13-27-91-82(87)88)73(124)104-55(32-59(85)112)75(126)98-43(7)69(120)103-56(33-60(86)113)76(127)105-57(81(132)133)30-44-15-9-8-10-16-44/h8-12,15-18,21-24,34,40-43,49,51-58,66-68,93,110-111H,13-14,19-20,25-33,35-39,84H2,1-7H3,(H2,85,112)(H2,86,113)(H,94,122)(H,95,123)(H,96,129)(H,97,130)(H,98,126)(H,99,114)(H,100,115)(H,101,117)(H,102,116)(H,103,120)(H,104,124)(H,105,127)(H,106,131)(H,107,121)(H,108,125)(H,109,128)(H,118,119)(H,132,133)(H4,87,88,91)(H4,89,90,92)/t43-,49-,51-,52-,53-,54-,55-,56-,57-,58-,66-,67-,68-/m0/s1. The number of aromatic hydroxyl groups is 1. The van der Waals surface area contributed by atoms with Gasteiger partial charge in [-0.2, -0.15) is 0 Å². The number of H-pyrrole nitrogens is 1. The number of carboxylic acid groups (broad SMARTS) is 2. The van der Waals surface area contributed by atoms with Crippen LogP contribution in [0.1, 0.15) is 117 Å². The first-order valence-corrected chi connectivity index (χ1v) is 42.3. The van der Waals surface area contributed by atoms with E-state index >= 15 is 0 Å². The first kappa shape index (κ1) is 110. The Hall–Kier alpha value is -15.1. The first-order chi connectivity index (χ1) is 62.7. The van der Waals surface area contributed by atoms with Crippen molar-refractivity contribution in [2.24, 2.45) is 46.4 Å². The van der Waals surface area contributed by atoms with Gasteiger partial charge in [0.1, 0.15) is 78.3 Å². The van der Waals surface area contributed by atoms with Gasteiger partial charge in [0, 0.05) is 55.9 Å². The lowest BCUT2D eigenvalue weighted by molar-refractivity contribution is -0.142. The molecule has 1 heterocycles. The van der Waals surface area contributed by atoms with Crippen LogP contribution in [-0.4, -0.2) is 280 Å². The highest BCUT2D eigenvalue weighted by molar-refractivity contribution is 6.02. The molecule has 133 heavy (non-hydrogen) atoms. The fourth-order valence-corrected chi connectivity index (χ4v) is 12.9. The summed E-state index contributed by atoms with van der Waals surface area (Å²) in [4.78, 5) is 271. The van der Waals surface area contributed by atoms with Gasteiger partial charge in [-0.1, -0.05) is 102 Å². The number of hydrogen-bond donors (Lipinski definition) is 30. The van der Waals surface area contributed by atoms with Crippen LogP contribution >= 0.6 is 0 Å². The molecular formula is C83H122N26O24. The Labute approximate surface area is 763 Å². The summed E-state index contributed by atoms with van der Waals surface area (Å²) in [5.74, 6) is -24.4. The number of hydrogen-bond acceptors (Lipinski definition) is 25. The van der Waals surface area contributed by atoms with E-state index in [1.807, 2.05) is 0 Å². The number of nitrogens with two attached hydrogens (primary N) is 5. The highest BCUT2D eigenvalue weighted by Gasteiger charge is 2.38. The summed E-state index contributed by atoms with van der Waals surface area (Å²) in [6, 6.07) is 0.0615. The fraction of sp³-hybridized carbons (Fsp3) is 0.494. The number of benzene rings is 3. The van der Waals surface area contributed by atoms with Crippen molar-refractivity contribution in [3.63, 3.8) is 0 Å². The molecule has 18 amide bonds. The predicted molar refractivity (Wildman–Crippen MR) is 475 cm³/mol. The molecule has 4 rings (SSSR count). The van der Waals surface area contributed by atoms with Crippen molar-refractivity contribution in [1.82, 2.24) is 101 Å². The van der Waals surface area contributed by atoms with Gasteiger partial charge >= 0.3 is 11.9 Å². The van der Waals surface area contributed by atoms with Crippen LogP contribution in [0.15, 0.2) is 85.1 Å². The largest absolute Gasteiger partial charge is 0.508 e. The number of carbonyl (C=O) groups is 20. The number of aromatic amines is 1. The molecule has 4 aromatic rings. The molecule has 0 fully saturated rings. The highest BCUT2D eigenvalue weighted by atomic mass is 16.4. The number of guanidine groups is 2. The van der Waals surface area contributed by atoms with E-state index in [1.165, 1.54) is 44.3 Å². The van der Waals surface area contributed by atoms with E-state index in [1.54, 1.807) is 82.3 Å². The zero-order valence-electron chi connectivity index (χ0n) is 74.4. The maximum absolute atomic E-state index is 14.4. The number of aliphatic hydroxyl groups excluding tert-OH is 1. The van der Waals surface area contributed by atoms with Crippen LogP contribution in [0.4, 0.5) is 0 Å². The summed E-state index contributed by atoms with van der Waals surface area (Å²) in [6.07, 6.45) is -1.99. The Morgan fingerprint density at radius 3 is 1.21 bits per heavy atom. The SMILES string of the molecule is CC(C)[C@H](NC(=O)[C@H](CCCNC(=N)N)NC(=O)CNC(=O)[C@@H](NC(=O)[C@@H](N)CCC(=O)O)C(C)C)C(=O)NCC(=O)N[C@@H](Cc1ccc(O)cc1)C(=O)N[C@H](C(=O)N[C@@H](CO)C(=O)NCC(=O)N[C@@H](Cc1c[nH]c2ccccc12)C(=O)NCC(=O)N[C@@H](CCCNC(=N)N)C(=O)N[C@@H](CC(N)=O)C(=O)N[C@@H](C)C(=O)N[C@@H](CC(N)=O)C(=O)N[C@@H](Cc1ccccc1)C(=O)O)C(C)C. The molecule has 35 N–H and O–H groups in total. The quantitative estimate of drug-likeness (QED) is 0.0111. The Kier molecular flexibility index (Phi) is 46.1. The number of rotatable bonds is 58. The molecule has 13 atom stereocenters. The molecule has 0 aliphatic rings. The summed E-state index contributed by atoms with van der Waals surface area (Å²) in [6.45, 7) is 5.82. The minimum atomic E-state index is -1.88. The highest BCUT2D eigenvalue weighted by Crippen LogP contribution is 2.20. The Morgan fingerprint density at radius 2 is 0.752 bits per heavy atom. The molecule has 50 nitrogen and oxygen atoms in total. The van der Waals surface area contributed by atoms with Gasteiger partial charge in [0.05, 0.1) is 51.7 Å². The lowest BCUT2D eigenvalue weighted by Gasteiger charge is -2.27. The number of carboxylic acids is 2. The second-order valence-corrected chi connectivity index (χ2v) is 32.0. The fourth-order valence-electron chi connectivity index (χ4n) is 12.9. The first-order valence-electron chi connectivity index (χ1n) is 42.3. The number of aliphatic carboxylic acids is 2. The van der Waals surface area contributed by atoms with E-state index in [9.17, 15) is 111 Å². The molecule has 0 spiro atoms. The van der Waals surface area contributed by atoms with Gasteiger partial charge in [0.25, 0.3) is 0 Å². The molecule has 0 aliphatic carbocycles. The number of phenolic OH excluding ortho intramolecular Hbond substituents is 1. The van der Waals surface area contributed by atoms with E-state index in [0.29, 0.717) is 27.6 Å². The van der Waals surface area contributed by atoms with Crippen LogP contribution in [0.25, 0.3) is 10.9 Å². The average Bonchev–Trinajstić information content (AvgIpc) is 1.68. The molecule has 0 saturated carbocycles. The van der Waals surface area contributed by atoms with E-state index in [4.69, 9.17) is 44.6 Å². The molecule has 0 saturated heterocycles. The summed E-state index contributed by atoms with van der Waals surface area (Å²) >= 11 is 0. The van der Waals surface area contributed by atoms with E-state index in [2.05, 4.69) is 101 Å². The van der Waals surface area contributed by atoms with Crippen molar-refractivity contribution in [3.05, 3.63) is 102 Å². The van der Waals surface area contributed by atoms with Gasteiger partial charge in [-0.25, -0.2) is 4.79 Å². The minimum Gasteiger partial charge on any atom is -0.508 e. The number of phenols is 1. The van der Waals surface area contributed by atoms with Crippen LogP contribution in [0.5, 0.6) is 5.75 Å². The molecule has 0 bridgehead atoms. The Morgan fingerprint density at radius 1 is 0.376 bits per heavy atom. The van der Waals surface area contributed by atoms with Crippen LogP contribution in [0.3, 0.4) is 0 Å². The smallest absolute Gasteiger partial charge is 0.326 e. The van der Waals surface area contributed by atoms with Crippen molar-refractivity contribution in [2.75, 3.05) is 45.9 Å². The molecule has 50 heteroatoms. The van der Waals surface area contributed by atoms with E-state index in [0.717, 1.165) is 6.92 Å². The van der Waals surface area contributed by atoms with E-state index in [-0.39, 0.29) is 70.2 Å². The number of aliphatic hydroxyl groups is 1. The molecule has 0 aliphatic heterocycles. The van der Waals surface area contributed by atoms with Gasteiger partial charge < -0.3 is 150 Å². The summed E-state index contributed by atoms with van der Waals surface area (Å²) in [5.41, 5.74) is 29.4. The van der Waals surface area contributed by atoms with Crippen LogP contribution < -0.4 is 124 Å². The predicted octanol–water partition coefficient (Wildman–Crippen LogP) is -9.28. The zero-order chi connectivity index (χ0) is 99.5. The van der Waals surface area contributed by atoms with Gasteiger partial charge in [0.15, 0.2) is 11.9 Å². The second-order valence-electron chi connectivity index (χ2n) is 32.0. The van der Waals surface area contributed by atoms with Crippen molar-refractivity contribution in [3.8, 4) is 5.75 Å². The third-order valence-electron chi connectivity index (χ3n) is 20.0. The van der Waals surface area contributed by atoms with Crippen molar-refractivity contribution >= 4 is 141 Å². The van der Waals surface area contributed by atoms with Crippen molar-refractivity contribution in [1.29, 1.82) is 10.8 Å². The normalized spacial score (nSPS) is 13.9. The second kappa shape index (κ2) is 55.7. The number of nitrogens with one attached hydrogen (secondary N) is 21. The van der Waals surface area contributed by atoms with Crippen LogP contribution in [0.2, 0.25) is 0 Å². The number of para-hydroxylation sites is 1. The van der Waals surface area contributed by atoms with Crippen LogP contribution in [-0.2, 0) is 115 Å². The molecule has 1 aromatic heterocycles. The Bertz CT molecular complexity index is 4780. The van der Waals surface area contributed by atoms with Gasteiger partial charge in [-0.05, 0) is 91.7 Å². The summed E-state index contributed by atoms with van der Waals surface area (Å²) in [7, 11) is 0. The van der Waals surface area contributed by atoms with Gasteiger partial charge in [0.2, 0.25) is 106 Å². The molecular weight excluding hydrogens is 1750 g/mol. The Balaban J connectivity index is 1.46. The lowest BCUT2D eigenvalue weighted by Crippen LogP contribution is -2.60. The maximum atomic E-state index is 14.4. The molecule has 0 radical (unpaired) electrons. The summed E-state index contributed by atoms with van der Waals surface area (Å²) in [5, 5.41) is 98.4. The van der Waals surface area contributed by atoms with Crippen molar-refractivity contribution < 1.29 is 116 Å². The minimum absolute atomic E-state index is 0.0214. The number of carbonyl (C=O) groups excluding carboxylic acids is 18. The molecule has 3 aromatic carbocycles. The molecule has 728 valence electrons. The van der Waals surface area contributed by atoms with Gasteiger partial charge in [-0.3, -0.25) is 102 Å². The number of fused-ring (bicyclic) bond motifs is 1. The topological polar surface area (TPSA) is 832 Å². The number of aromatic nitrogens is 1. The van der Waals surface area contributed by atoms with E-state index < -0.39 is 279 Å². The summed E-state index contributed by atoms with van der Waals surface area (Å²) < 4.78 is 0. The van der Waals surface area contributed by atoms with Crippen LogP contribution in [0, 0.1) is 28.6 Å². The monoisotopic (exact) mass is 1870 g/mol. The number of amides is 18. The average molecular weight is 1870 g/mol. The van der Waals surface area contributed by atoms with Gasteiger partial charge in [-0.15, -0.1) is 0 Å². The zero-order valence-corrected chi connectivity index (χ0v) is 74.4.